The van der Waals surface area contributed by atoms with Gasteiger partial charge in [0.1, 0.15) is 17.7 Å². The molecular formula is C20H16N2. The number of hydrogen-bond donors (Lipinski definition) is 0. The van der Waals surface area contributed by atoms with Crippen LogP contribution in [0.1, 0.15) is 35.6 Å². The molecule has 0 N–H and O–H groups in total. The normalized spacial score (nSPS) is 11.4. The maximum atomic E-state index is 9.35. The first-order valence-corrected chi connectivity index (χ1v) is 7.48. The SMILES string of the molecule is CCCc1ccc2c(c1)C(=C(C#N)C#N)c1cc(C)ccc1-2. The molecule has 106 valence electrons. The van der Waals surface area contributed by atoms with Crippen LogP contribution in [-0.2, 0) is 6.42 Å². The average Bonchev–Trinajstić information content (AvgIpc) is 2.82. The van der Waals surface area contributed by atoms with Gasteiger partial charge in [-0.3, -0.25) is 0 Å². The lowest BCUT2D eigenvalue weighted by atomic mass is 9.96. The maximum absolute atomic E-state index is 9.35. The molecule has 1 aliphatic carbocycles. The molecule has 2 aromatic rings. The standard InChI is InChI=1S/C20H16N2/c1-3-4-14-6-8-17-16-7-5-13(2)9-18(16)20(19(17)10-14)15(11-21)12-22/h5-10H,3-4H2,1-2H3. The molecule has 0 amide bonds. The van der Waals surface area contributed by atoms with E-state index < -0.39 is 0 Å². The second-order valence-electron chi connectivity index (χ2n) is 5.65. The number of nitrogens with zero attached hydrogens (tertiary/aromatic N) is 2. The van der Waals surface area contributed by atoms with Gasteiger partial charge in [0.15, 0.2) is 0 Å². The zero-order valence-corrected chi connectivity index (χ0v) is 12.8. The highest BCUT2D eigenvalue weighted by molar-refractivity contribution is 6.04. The van der Waals surface area contributed by atoms with Crippen molar-refractivity contribution in [2.75, 3.05) is 0 Å². The van der Waals surface area contributed by atoms with Gasteiger partial charge in [0.05, 0.1) is 0 Å². The number of aryl methyl sites for hydroxylation is 2. The van der Waals surface area contributed by atoms with Crippen LogP contribution in [-0.4, -0.2) is 0 Å². The first-order valence-electron chi connectivity index (χ1n) is 7.48. The second kappa shape index (κ2) is 5.51. The summed E-state index contributed by atoms with van der Waals surface area (Å²) in [5.41, 5.74) is 7.61. The number of rotatable bonds is 2. The predicted molar refractivity (Wildman–Crippen MR) is 87.9 cm³/mol. The molecule has 3 rings (SSSR count). The van der Waals surface area contributed by atoms with Crippen LogP contribution in [0.2, 0.25) is 0 Å². The van der Waals surface area contributed by atoms with Gasteiger partial charge in [-0.05, 0) is 41.2 Å². The molecule has 0 atom stereocenters. The number of nitriles is 2. The summed E-state index contributed by atoms with van der Waals surface area (Å²) in [4.78, 5) is 0. The summed E-state index contributed by atoms with van der Waals surface area (Å²) in [6, 6.07) is 16.8. The van der Waals surface area contributed by atoms with Crippen LogP contribution in [0, 0.1) is 29.6 Å². The minimum Gasteiger partial charge on any atom is -0.192 e. The summed E-state index contributed by atoms with van der Waals surface area (Å²) < 4.78 is 0. The fraction of sp³-hybridized carbons (Fsp3) is 0.200. The van der Waals surface area contributed by atoms with Crippen molar-refractivity contribution in [1.82, 2.24) is 0 Å². The summed E-state index contributed by atoms with van der Waals surface area (Å²) in [6.45, 7) is 4.18. The molecule has 0 aliphatic heterocycles. The predicted octanol–water partition coefficient (Wildman–Crippen LogP) is 4.78. The van der Waals surface area contributed by atoms with Crippen molar-refractivity contribution in [3.8, 4) is 23.3 Å². The van der Waals surface area contributed by atoms with E-state index in [1.807, 2.05) is 6.92 Å². The van der Waals surface area contributed by atoms with Gasteiger partial charge in [0.2, 0.25) is 0 Å². The van der Waals surface area contributed by atoms with Crippen molar-refractivity contribution in [3.05, 3.63) is 64.2 Å². The van der Waals surface area contributed by atoms with Gasteiger partial charge in [0, 0.05) is 5.57 Å². The van der Waals surface area contributed by atoms with Crippen LogP contribution in [0.4, 0.5) is 0 Å². The van der Waals surface area contributed by atoms with Crippen molar-refractivity contribution >= 4 is 5.57 Å². The third-order valence-corrected chi connectivity index (χ3v) is 4.10. The smallest absolute Gasteiger partial charge is 0.138 e. The quantitative estimate of drug-likeness (QED) is 0.636. The lowest BCUT2D eigenvalue weighted by Gasteiger charge is -2.05. The third kappa shape index (κ3) is 2.10. The van der Waals surface area contributed by atoms with Crippen LogP contribution >= 0.6 is 0 Å². The zero-order valence-electron chi connectivity index (χ0n) is 12.8. The van der Waals surface area contributed by atoms with E-state index >= 15 is 0 Å². The van der Waals surface area contributed by atoms with Gasteiger partial charge < -0.3 is 0 Å². The Kier molecular flexibility index (Phi) is 3.53. The summed E-state index contributed by atoms with van der Waals surface area (Å²) in [7, 11) is 0. The maximum Gasteiger partial charge on any atom is 0.138 e. The average molecular weight is 284 g/mol. The van der Waals surface area contributed by atoms with Crippen molar-refractivity contribution in [2.45, 2.75) is 26.7 Å². The lowest BCUT2D eigenvalue weighted by Crippen LogP contribution is -1.90. The molecule has 0 saturated heterocycles. The van der Waals surface area contributed by atoms with Crippen LogP contribution in [0.5, 0.6) is 0 Å². The first-order chi connectivity index (χ1) is 10.7. The molecular weight excluding hydrogens is 268 g/mol. The van der Waals surface area contributed by atoms with Crippen LogP contribution in [0.3, 0.4) is 0 Å². The molecule has 0 heterocycles. The van der Waals surface area contributed by atoms with E-state index in [0.29, 0.717) is 0 Å². The number of allylic oxidation sites excluding steroid dienone is 1. The molecule has 2 nitrogen and oxygen atoms in total. The monoisotopic (exact) mass is 284 g/mol. The van der Waals surface area contributed by atoms with E-state index in [-0.39, 0.29) is 5.57 Å². The Balaban J connectivity index is 2.35. The summed E-state index contributed by atoms with van der Waals surface area (Å²) in [5.74, 6) is 0. The van der Waals surface area contributed by atoms with Crippen LogP contribution in [0.25, 0.3) is 16.7 Å². The van der Waals surface area contributed by atoms with Crippen LogP contribution in [0.15, 0.2) is 42.0 Å². The first kappa shape index (κ1) is 14.1. The van der Waals surface area contributed by atoms with Gasteiger partial charge in [-0.25, -0.2) is 0 Å². The number of fused-ring (bicyclic) bond motifs is 3. The van der Waals surface area contributed by atoms with Crippen LogP contribution < -0.4 is 0 Å². The van der Waals surface area contributed by atoms with Crippen molar-refractivity contribution in [1.29, 1.82) is 10.5 Å². The van der Waals surface area contributed by atoms with E-state index in [1.54, 1.807) is 0 Å². The third-order valence-electron chi connectivity index (χ3n) is 4.10. The van der Waals surface area contributed by atoms with Gasteiger partial charge in [-0.2, -0.15) is 10.5 Å². The molecule has 2 heteroatoms. The lowest BCUT2D eigenvalue weighted by molar-refractivity contribution is 0.922. The Morgan fingerprint density at radius 3 is 2.18 bits per heavy atom. The number of benzene rings is 2. The molecule has 2 aromatic carbocycles. The fourth-order valence-electron chi connectivity index (χ4n) is 3.13. The summed E-state index contributed by atoms with van der Waals surface area (Å²) in [5, 5.41) is 18.7. The highest BCUT2D eigenvalue weighted by atomic mass is 14.3. The summed E-state index contributed by atoms with van der Waals surface area (Å²) >= 11 is 0. The topological polar surface area (TPSA) is 47.6 Å². The number of hydrogen-bond acceptors (Lipinski definition) is 2. The molecule has 0 saturated carbocycles. The highest BCUT2D eigenvalue weighted by Crippen LogP contribution is 2.46. The molecule has 0 aromatic heterocycles. The van der Waals surface area contributed by atoms with Gasteiger partial charge >= 0.3 is 0 Å². The molecule has 1 aliphatic rings. The Labute approximate surface area is 130 Å². The van der Waals surface area contributed by atoms with Crippen molar-refractivity contribution in [3.63, 3.8) is 0 Å². The van der Waals surface area contributed by atoms with Gasteiger partial charge in [0.25, 0.3) is 0 Å². The minimum atomic E-state index is 0.194. The van der Waals surface area contributed by atoms with E-state index in [9.17, 15) is 10.5 Å². The van der Waals surface area contributed by atoms with Crippen molar-refractivity contribution in [2.24, 2.45) is 0 Å². The summed E-state index contributed by atoms with van der Waals surface area (Å²) in [6.07, 6.45) is 2.08. The highest BCUT2D eigenvalue weighted by Gasteiger charge is 2.26. The molecule has 0 unspecified atom stereocenters. The van der Waals surface area contributed by atoms with E-state index in [1.165, 1.54) is 5.56 Å². The Hall–Kier alpha value is -2.84. The molecule has 0 spiro atoms. The van der Waals surface area contributed by atoms with Gasteiger partial charge in [-0.15, -0.1) is 0 Å². The van der Waals surface area contributed by atoms with E-state index in [4.69, 9.17) is 0 Å². The Bertz CT molecular complexity index is 858. The fourth-order valence-corrected chi connectivity index (χ4v) is 3.13. The largest absolute Gasteiger partial charge is 0.192 e. The Morgan fingerprint density at radius 2 is 1.55 bits per heavy atom. The van der Waals surface area contributed by atoms with Crippen molar-refractivity contribution < 1.29 is 0 Å². The molecule has 0 fully saturated rings. The second-order valence-corrected chi connectivity index (χ2v) is 5.65. The molecule has 22 heavy (non-hydrogen) atoms. The molecule has 0 radical (unpaired) electrons. The zero-order chi connectivity index (χ0) is 15.7. The minimum absolute atomic E-state index is 0.194. The molecule has 0 bridgehead atoms. The van der Waals surface area contributed by atoms with E-state index in [2.05, 4.69) is 55.5 Å². The van der Waals surface area contributed by atoms with Gasteiger partial charge in [-0.1, -0.05) is 55.3 Å². The Morgan fingerprint density at radius 1 is 0.909 bits per heavy atom. The van der Waals surface area contributed by atoms with E-state index in [0.717, 1.165) is 46.2 Å².